The van der Waals surface area contributed by atoms with E-state index in [0.29, 0.717) is 17.5 Å². The van der Waals surface area contributed by atoms with Gasteiger partial charge in [0.05, 0.1) is 18.8 Å². The van der Waals surface area contributed by atoms with Crippen LogP contribution in [0.2, 0.25) is 0 Å². The van der Waals surface area contributed by atoms with Gasteiger partial charge in [0.15, 0.2) is 11.0 Å². The van der Waals surface area contributed by atoms with Crippen molar-refractivity contribution < 1.29 is 9.59 Å². The van der Waals surface area contributed by atoms with Gasteiger partial charge in [-0.15, -0.1) is 10.2 Å². The Balaban J connectivity index is 1.46. The van der Waals surface area contributed by atoms with E-state index in [9.17, 15) is 9.59 Å². The zero-order valence-electron chi connectivity index (χ0n) is 17.3. The van der Waals surface area contributed by atoms with E-state index in [1.165, 1.54) is 16.7 Å². The Hall–Kier alpha value is -3.20. The summed E-state index contributed by atoms with van der Waals surface area (Å²) in [4.78, 5) is 30.1. The van der Waals surface area contributed by atoms with Gasteiger partial charge in [-0.05, 0) is 30.5 Å². The lowest BCUT2D eigenvalue weighted by molar-refractivity contribution is -0.132. The molecular weight excluding hydrogens is 412 g/mol. The van der Waals surface area contributed by atoms with Crippen LogP contribution in [0.25, 0.3) is 11.4 Å². The molecule has 1 fully saturated rings. The average molecular weight is 437 g/mol. The van der Waals surface area contributed by atoms with Gasteiger partial charge < -0.3 is 10.2 Å². The van der Waals surface area contributed by atoms with Crippen LogP contribution in [0.3, 0.4) is 0 Å². The third-order valence-corrected chi connectivity index (χ3v) is 5.85. The Morgan fingerprint density at radius 3 is 2.68 bits per heavy atom. The molecule has 1 aliphatic rings. The molecule has 31 heavy (non-hydrogen) atoms. The maximum atomic E-state index is 12.6. The van der Waals surface area contributed by atoms with Crippen LogP contribution in [0.5, 0.6) is 0 Å². The summed E-state index contributed by atoms with van der Waals surface area (Å²) in [5, 5.41) is 12.2. The maximum absolute atomic E-state index is 12.6. The van der Waals surface area contributed by atoms with Crippen molar-refractivity contribution in [3.8, 4) is 11.4 Å². The number of hydrogen-bond donors (Lipinski definition) is 1. The number of nitrogens with one attached hydrogen (secondary N) is 1. The van der Waals surface area contributed by atoms with Crippen LogP contribution in [0.4, 0.5) is 0 Å². The Kier molecular flexibility index (Phi) is 6.61. The molecule has 0 aliphatic heterocycles. The summed E-state index contributed by atoms with van der Waals surface area (Å²) in [6, 6.07) is 14.1. The van der Waals surface area contributed by atoms with E-state index in [-0.39, 0.29) is 30.2 Å². The summed E-state index contributed by atoms with van der Waals surface area (Å²) in [6.07, 6.45) is 5.51. The highest BCUT2D eigenvalue weighted by Crippen LogP contribution is 2.25. The summed E-state index contributed by atoms with van der Waals surface area (Å²) >= 11 is 1.32. The summed E-state index contributed by atoms with van der Waals surface area (Å²) in [5.41, 5.74) is 1.97. The van der Waals surface area contributed by atoms with Gasteiger partial charge in [-0.1, -0.05) is 42.1 Å². The monoisotopic (exact) mass is 436 g/mol. The van der Waals surface area contributed by atoms with Crippen LogP contribution in [0.1, 0.15) is 18.4 Å². The number of carbonyl (C=O) groups is 2. The van der Waals surface area contributed by atoms with Crippen LogP contribution < -0.4 is 5.32 Å². The summed E-state index contributed by atoms with van der Waals surface area (Å²) in [7, 11) is 1.64. The SMILES string of the molecule is CN(CC(=O)NC1CC1)C(=O)CSc1nnc(-c2cccnc2)n1Cc1ccccc1. The van der Waals surface area contributed by atoms with Crippen molar-refractivity contribution in [2.24, 2.45) is 0 Å². The molecule has 2 heterocycles. The van der Waals surface area contributed by atoms with Gasteiger partial charge in [-0.3, -0.25) is 19.1 Å². The summed E-state index contributed by atoms with van der Waals surface area (Å²) < 4.78 is 1.99. The normalized spacial score (nSPS) is 13.1. The van der Waals surface area contributed by atoms with Crippen molar-refractivity contribution >= 4 is 23.6 Å². The van der Waals surface area contributed by atoms with Crippen molar-refractivity contribution in [1.82, 2.24) is 30.0 Å². The minimum Gasteiger partial charge on any atom is -0.352 e. The van der Waals surface area contributed by atoms with Gasteiger partial charge in [0.25, 0.3) is 0 Å². The van der Waals surface area contributed by atoms with Crippen LogP contribution >= 0.6 is 11.8 Å². The Bertz CT molecular complexity index is 1040. The van der Waals surface area contributed by atoms with Gasteiger partial charge in [-0.25, -0.2) is 0 Å². The Morgan fingerprint density at radius 1 is 1.16 bits per heavy atom. The molecule has 0 spiro atoms. The first-order chi connectivity index (χ1) is 15.1. The van der Waals surface area contributed by atoms with Crippen LogP contribution in [0, 0.1) is 0 Å². The zero-order valence-corrected chi connectivity index (χ0v) is 18.1. The molecule has 0 saturated heterocycles. The average Bonchev–Trinajstić information content (AvgIpc) is 3.51. The number of nitrogens with zero attached hydrogens (tertiary/aromatic N) is 5. The largest absolute Gasteiger partial charge is 0.352 e. The van der Waals surface area contributed by atoms with Crippen molar-refractivity contribution in [3.05, 3.63) is 60.4 Å². The number of carbonyl (C=O) groups excluding carboxylic acids is 2. The predicted octanol–water partition coefficient (Wildman–Crippen LogP) is 2.22. The number of rotatable bonds is 9. The molecule has 0 unspecified atom stereocenters. The number of aromatic nitrogens is 4. The highest BCUT2D eigenvalue weighted by Gasteiger charge is 2.24. The van der Waals surface area contributed by atoms with E-state index in [1.807, 2.05) is 47.0 Å². The van der Waals surface area contributed by atoms with Gasteiger partial charge in [-0.2, -0.15) is 0 Å². The highest BCUT2D eigenvalue weighted by molar-refractivity contribution is 7.99. The number of hydrogen-bond acceptors (Lipinski definition) is 6. The fourth-order valence-corrected chi connectivity index (χ4v) is 3.93. The van der Waals surface area contributed by atoms with Gasteiger partial charge in [0.1, 0.15) is 0 Å². The van der Waals surface area contributed by atoms with Crippen LogP contribution in [-0.2, 0) is 16.1 Å². The minimum absolute atomic E-state index is 0.0630. The minimum atomic E-state index is -0.131. The van der Waals surface area contributed by atoms with Crippen LogP contribution in [-0.4, -0.2) is 61.8 Å². The smallest absolute Gasteiger partial charge is 0.239 e. The third kappa shape index (κ3) is 5.69. The van der Waals surface area contributed by atoms with E-state index in [0.717, 1.165) is 24.0 Å². The van der Waals surface area contributed by atoms with E-state index < -0.39 is 0 Å². The number of amides is 2. The number of benzene rings is 1. The molecule has 9 heteroatoms. The van der Waals surface area contributed by atoms with Gasteiger partial charge in [0.2, 0.25) is 11.8 Å². The second kappa shape index (κ2) is 9.74. The lowest BCUT2D eigenvalue weighted by Crippen LogP contribution is -2.39. The fraction of sp³-hybridized carbons (Fsp3) is 0.318. The Morgan fingerprint density at radius 2 is 1.97 bits per heavy atom. The summed E-state index contributed by atoms with van der Waals surface area (Å²) in [5.74, 6) is 0.624. The van der Waals surface area contributed by atoms with E-state index in [1.54, 1.807) is 19.4 Å². The van der Waals surface area contributed by atoms with Crippen molar-refractivity contribution in [3.63, 3.8) is 0 Å². The molecule has 8 nitrogen and oxygen atoms in total. The summed E-state index contributed by atoms with van der Waals surface area (Å²) in [6.45, 7) is 0.641. The molecule has 0 bridgehead atoms. The second-order valence-electron chi connectivity index (χ2n) is 7.50. The first-order valence-electron chi connectivity index (χ1n) is 10.1. The first kappa shape index (κ1) is 21.0. The van der Waals surface area contributed by atoms with E-state index >= 15 is 0 Å². The maximum Gasteiger partial charge on any atom is 0.239 e. The van der Waals surface area contributed by atoms with Gasteiger partial charge in [0, 0.05) is 31.0 Å². The molecular formula is C22H24N6O2S. The third-order valence-electron chi connectivity index (χ3n) is 4.89. The molecule has 1 saturated carbocycles. The van der Waals surface area contributed by atoms with E-state index in [2.05, 4.69) is 20.5 Å². The highest BCUT2D eigenvalue weighted by atomic mass is 32.2. The van der Waals surface area contributed by atoms with Crippen molar-refractivity contribution in [2.75, 3.05) is 19.3 Å². The molecule has 1 N–H and O–H groups in total. The standard InChI is InChI=1S/C22H24N6O2S/c1-27(14-19(29)24-18-9-10-18)20(30)15-31-22-26-25-21(17-8-5-11-23-12-17)28(22)13-16-6-3-2-4-7-16/h2-8,11-12,18H,9-10,13-15H2,1H3,(H,24,29). The zero-order chi connectivity index (χ0) is 21.6. The number of thioether (sulfide) groups is 1. The molecule has 1 aromatic carbocycles. The molecule has 4 rings (SSSR count). The second-order valence-corrected chi connectivity index (χ2v) is 8.44. The lowest BCUT2D eigenvalue weighted by atomic mass is 10.2. The molecule has 1 aliphatic carbocycles. The predicted molar refractivity (Wildman–Crippen MR) is 118 cm³/mol. The first-order valence-corrected chi connectivity index (χ1v) is 11.1. The number of likely N-dealkylation sites (N-methyl/N-ethyl adjacent to an activating group) is 1. The molecule has 0 atom stereocenters. The number of pyridine rings is 1. The molecule has 0 radical (unpaired) electrons. The van der Waals surface area contributed by atoms with Crippen molar-refractivity contribution in [2.45, 2.75) is 30.6 Å². The molecule has 2 aromatic heterocycles. The quantitative estimate of drug-likeness (QED) is 0.517. The van der Waals surface area contributed by atoms with Crippen molar-refractivity contribution in [1.29, 1.82) is 0 Å². The van der Waals surface area contributed by atoms with Gasteiger partial charge >= 0.3 is 0 Å². The fourth-order valence-electron chi connectivity index (χ4n) is 3.05. The Labute approximate surface area is 185 Å². The molecule has 160 valence electrons. The topological polar surface area (TPSA) is 93.0 Å². The lowest BCUT2D eigenvalue weighted by Gasteiger charge is -2.16. The molecule has 2 amide bonds. The van der Waals surface area contributed by atoms with E-state index in [4.69, 9.17) is 0 Å². The molecule has 3 aromatic rings. The van der Waals surface area contributed by atoms with Crippen LogP contribution in [0.15, 0.2) is 60.0 Å².